The Kier molecular flexibility index (Phi) is 20.1. The maximum Gasteiger partial charge on any atom is 0.333 e. The standard InChI is InChI=1S/C20H21N3O6S.C2H6.HO2P.2H3OP/c24-9-7-13-17(26)18(27)19(29-13)22-8-6-16(25)23(20(22)28)11-15-21-10-14(30-15)12-4-2-1-3-5-12;1-2;1-3-2;2*1-2/h1-6,8,10,13,17-19,24,26-27H,7,9,11H2;1-2H3;(H,1,2);2*1H,2H2. The number of aliphatic hydroxyl groups is 3. The molecule has 1 saturated heterocycles. The number of aliphatic hydroxyl groups excluding tert-OH is 3. The Morgan fingerprint density at radius 2 is 1.64 bits per heavy atom. The van der Waals surface area contributed by atoms with E-state index in [0.717, 1.165) is 19.6 Å². The summed E-state index contributed by atoms with van der Waals surface area (Å²) < 4.78 is 16.1. The number of hydrogen-bond donors (Lipinski definition) is 6. The van der Waals surface area contributed by atoms with E-state index >= 15 is 0 Å². The third-order valence-corrected chi connectivity index (χ3v) is 6.06. The van der Waals surface area contributed by atoms with Gasteiger partial charge in [0.15, 0.2) is 6.23 Å². The molecule has 0 amide bonds. The van der Waals surface area contributed by atoms with Crippen LogP contribution in [0.3, 0.4) is 0 Å². The van der Waals surface area contributed by atoms with E-state index in [4.69, 9.17) is 29.1 Å². The van der Waals surface area contributed by atoms with Crippen LogP contribution in [0.15, 0.2) is 58.4 Å². The summed E-state index contributed by atoms with van der Waals surface area (Å²) in [5.41, 5.74) is -0.196. The summed E-state index contributed by atoms with van der Waals surface area (Å²) in [4.78, 5) is 51.4. The topological polar surface area (TPSA) is 205 Å². The maximum atomic E-state index is 13.0. The van der Waals surface area contributed by atoms with Crippen LogP contribution in [0.25, 0.3) is 10.4 Å². The quantitative estimate of drug-likeness (QED) is 0.213. The van der Waals surface area contributed by atoms with Gasteiger partial charge in [0.1, 0.15) is 17.2 Å². The second kappa shape index (κ2) is 21.0. The molecule has 17 heteroatoms. The van der Waals surface area contributed by atoms with Crippen molar-refractivity contribution in [1.29, 1.82) is 0 Å². The van der Waals surface area contributed by atoms with Crippen LogP contribution in [-0.2, 0) is 15.8 Å². The van der Waals surface area contributed by atoms with Gasteiger partial charge in [0, 0.05) is 25.1 Å². The molecule has 0 saturated carbocycles. The first-order valence-corrected chi connectivity index (χ1v) is 14.0. The van der Waals surface area contributed by atoms with Gasteiger partial charge in [0.2, 0.25) is 0 Å². The van der Waals surface area contributed by atoms with Gasteiger partial charge in [-0.15, -0.1) is 11.3 Å². The Hall–Kier alpha value is -1.79. The van der Waals surface area contributed by atoms with Crippen LogP contribution in [0, 0.1) is 0 Å². The molecule has 3 aromatic rings. The van der Waals surface area contributed by atoms with Gasteiger partial charge in [-0.05, 0) is 30.9 Å². The van der Waals surface area contributed by atoms with Gasteiger partial charge in [0.25, 0.3) is 5.56 Å². The number of benzene rings is 1. The molecule has 6 unspecified atom stereocenters. The number of rotatable bonds is 6. The van der Waals surface area contributed by atoms with Gasteiger partial charge in [-0.3, -0.25) is 13.9 Å². The zero-order valence-corrected chi connectivity index (χ0v) is 25.2. The lowest BCUT2D eigenvalue weighted by molar-refractivity contribution is -0.0458. The van der Waals surface area contributed by atoms with Crippen LogP contribution in [0.2, 0.25) is 0 Å². The Labute approximate surface area is 235 Å². The van der Waals surface area contributed by atoms with Gasteiger partial charge in [-0.25, -0.2) is 14.3 Å². The number of ether oxygens (including phenoxy) is 1. The van der Waals surface area contributed by atoms with Crippen LogP contribution in [0.1, 0.15) is 31.5 Å². The fourth-order valence-electron chi connectivity index (χ4n) is 3.45. The van der Waals surface area contributed by atoms with E-state index < -0.39 is 44.5 Å². The molecule has 6 N–H and O–H groups in total. The molecule has 4 rings (SSSR count). The molecule has 6 atom stereocenters. The lowest BCUT2D eigenvalue weighted by atomic mass is 10.1. The maximum absolute atomic E-state index is 13.0. The SMILES string of the molecule is CC.O=PO.O=c1ccn(C2OC(CCO)C(O)C2O)c(=O)n1Cc1ncc(-c2ccccc2)s1.OP.OP. The molecule has 13 nitrogen and oxygen atoms in total. The fourth-order valence-corrected chi connectivity index (χ4v) is 4.36. The second-order valence-electron chi connectivity index (χ2n) is 7.05. The van der Waals surface area contributed by atoms with Crippen LogP contribution < -0.4 is 11.2 Å². The van der Waals surface area contributed by atoms with Gasteiger partial charge in [-0.1, -0.05) is 44.2 Å². The minimum atomic E-state index is -1.37. The number of aromatic nitrogens is 3. The second-order valence-corrected chi connectivity index (χ2v) is 8.33. The summed E-state index contributed by atoms with van der Waals surface area (Å²) in [5.74, 6) is 0. The molecule has 0 spiro atoms. The molecule has 0 bridgehead atoms. The van der Waals surface area contributed by atoms with E-state index in [1.165, 1.54) is 42.5 Å². The third-order valence-electron chi connectivity index (χ3n) is 5.03. The largest absolute Gasteiger partial charge is 0.396 e. The smallest absolute Gasteiger partial charge is 0.333 e. The molecule has 2 aromatic heterocycles. The molecule has 3 heterocycles. The van der Waals surface area contributed by atoms with Crippen molar-refractivity contribution >= 4 is 39.0 Å². The summed E-state index contributed by atoms with van der Waals surface area (Å²) in [6, 6.07) is 10.9. The highest BCUT2D eigenvalue weighted by Crippen LogP contribution is 2.30. The molecule has 1 aliphatic rings. The predicted octanol–water partition coefficient (Wildman–Crippen LogP) is 0.933. The first-order valence-electron chi connectivity index (χ1n) is 11.3. The highest BCUT2D eigenvalue weighted by atomic mass is 32.1. The van der Waals surface area contributed by atoms with Crippen molar-refractivity contribution in [1.82, 2.24) is 14.1 Å². The van der Waals surface area contributed by atoms with Crippen molar-refractivity contribution in [3.8, 4) is 10.4 Å². The normalized spacial score (nSPS) is 19.2. The van der Waals surface area contributed by atoms with Gasteiger partial charge < -0.3 is 34.7 Å². The molecule has 0 radical (unpaired) electrons. The Morgan fingerprint density at radius 3 is 2.21 bits per heavy atom. The van der Waals surface area contributed by atoms with Crippen LogP contribution in [0.5, 0.6) is 0 Å². The van der Waals surface area contributed by atoms with E-state index in [0.29, 0.717) is 5.01 Å². The summed E-state index contributed by atoms with van der Waals surface area (Å²) in [7, 11) is 2.00. The van der Waals surface area contributed by atoms with Gasteiger partial charge >= 0.3 is 14.4 Å². The molecular weight excluding hydrogens is 591 g/mol. The lowest BCUT2D eigenvalue weighted by Gasteiger charge is -2.18. The molecule has 1 aliphatic heterocycles. The van der Waals surface area contributed by atoms with Crippen molar-refractivity contribution in [3.05, 3.63) is 74.6 Å². The first-order chi connectivity index (χ1) is 18.9. The fraction of sp³-hybridized carbons (Fsp3) is 0.409. The van der Waals surface area contributed by atoms with Crippen LogP contribution in [0.4, 0.5) is 0 Å². The van der Waals surface area contributed by atoms with E-state index in [1.54, 1.807) is 6.20 Å². The highest BCUT2D eigenvalue weighted by Gasteiger charge is 2.43. The Balaban J connectivity index is 0.00000145. The van der Waals surface area contributed by atoms with Gasteiger partial charge in [0.05, 0.1) is 17.5 Å². The molecule has 1 fully saturated rings. The number of nitrogens with zero attached hydrogens (tertiary/aromatic N) is 3. The van der Waals surface area contributed by atoms with E-state index in [9.17, 15) is 19.8 Å². The minimum absolute atomic E-state index is 0.0263. The molecule has 0 aliphatic carbocycles. The van der Waals surface area contributed by atoms with Crippen LogP contribution in [-0.4, -0.2) is 69.0 Å². The Bertz CT molecular complexity index is 1200. The zero-order valence-electron chi connectivity index (χ0n) is 21.2. The minimum Gasteiger partial charge on any atom is -0.396 e. The first kappa shape index (κ1) is 37.2. The predicted molar refractivity (Wildman–Crippen MR) is 154 cm³/mol. The van der Waals surface area contributed by atoms with Crippen molar-refractivity contribution in [2.45, 2.75) is 51.4 Å². The lowest BCUT2D eigenvalue weighted by Crippen LogP contribution is -2.43. The van der Waals surface area contributed by atoms with Crippen molar-refractivity contribution < 1.29 is 39.3 Å². The molecule has 218 valence electrons. The summed E-state index contributed by atoms with van der Waals surface area (Å²) >= 11 is 1.38. The highest BCUT2D eigenvalue weighted by molar-refractivity contribution is 7.16. The van der Waals surface area contributed by atoms with E-state index in [1.807, 2.05) is 44.2 Å². The van der Waals surface area contributed by atoms with E-state index in [2.05, 4.69) is 4.98 Å². The van der Waals surface area contributed by atoms with Crippen molar-refractivity contribution in [2.24, 2.45) is 0 Å². The third kappa shape index (κ3) is 10.6. The zero-order chi connectivity index (χ0) is 30.0. The molecular formula is C22H34N3O10P3S. The average molecular weight is 626 g/mol. The monoisotopic (exact) mass is 625 g/mol. The van der Waals surface area contributed by atoms with Gasteiger partial charge in [-0.2, -0.15) is 0 Å². The van der Waals surface area contributed by atoms with Crippen molar-refractivity contribution in [3.63, 3.8) is 0 Å². The number of thiazole rings is 1. The summed E-state index contributed by atoms with van der Waals surface area (Å²) in [6.07, 6.45) is -1.54. The summed E-state index contributed by atoms with van der Waals surface area (Å²) in [6.45, 7) is 3.74. The van der Waals surface area contributed by atoms with E-state index in [-0.39, 0.29) is 19.6 Å². The summed E-state index contributed by atoms with van der Waals surface area (Å²) in [5, 5.41) is 30.1. The average Bonchev–Trinajstić information content (AvgIpc) is 3.56. The van der Waals surface area contributed by atoms with Crippen molar-refractivity contribution in [2.75, 3.05) is 6.61 Å². The number of hydrogen-bond acceptors (Lipinski definition) is 11. The Morgan fingerprint density at radius 1 is 1.05 bits per heavy atom. The van der Waals surface area contributed by atoms with Crippen LogP contribution >= 0.6 is 39.0 Å². The molecule has 39 heavy (non-hydrogen) atoms. The molecule has 1 aromatic carbocycles.